The summed E-state index contributed by atoms with van der Waals surface area (Å²) in [6.07, 6.45) is 2.71. The molecule has 0 amide bonds. The summed E-state index contributed by atoms with van der Waals surface area (Å²) in [6, 6.07) is 4.91. The predicted molar refractivity (Wildman–Crippen MR) is 88.3 cm³/mol. The van der Waals surface area contributed by atoms with Gasteiger partial charge < -0.3 is 9.64 Å². The number of anilines is 1. The number of nitrogens with zero attached hydrogens (tertiary/aromatic N) is 3. The first kappa shape index (κ1) is 16.5. The smallest absolute Gasteiger partial charge is 0.270 e. The Hall–Kier alpha value is -1.92. The first-order valence-corrected chi connectivity index (χ1v) is 7.54. The largest absolute Gasteiger partial charge is 0.379 e. The Morgan fingerprint density at radius 3 is 2.82 bits per heavy atom. The number of hydrogen-bond donors (Lipinski definition) is 0. The van der Waals surface area contributed by atoms with E-state index in [1.807, 2.05) is 7.05 Å². The van der Waals surface area contributed by atoms with Crippen LogP contribution in [0.1, 0.15) is 12.0 Å². The average molecular weight is 305 g/mol. The monoisotopic (exact) mass is 305 g/mol. The van der Waals surface area contributed by atoms with Crippen molar-refractivity contribution in [2.45, 2.75) is 6.42 Å². The molecule has 1 saturated heterocycles. The Balaban J connectivity index is 1.92. The predicted octanol–water partition coefficient (Wildman–Crippen LogP) is 2.40. The molecule has 1 aromatic carbocycles. The van der Waals surface area contributed by atoms with Crippen LogP contribution in [0.25, 0.3) is 6.08 Å². The van der Waals surface area contributed by atoms with Gasteiger partial charge in [-0.3, -0.25) is 15.0 Å². The van der Waals surface area contributed by atoms with Crippen molar-refractivity contribution in [1.82, 2.24) is 4.90 Å². The van der Waals surface area contributed by atoms with E-state index in [0.717, 1.165) is 57.1 Å². The number of ether oxygens (including phenoxy) is 1. The minimum Gasteiger partial charge on any atom is -0.379 e. The maximum Gasteiger partial charge on any atom is 0.270 e. The quantitative estimate of drug-likeness (QED) is 0.572. The molecule has 22 heavy (non-hydrogen) atoms. The molecule has 6 heteroatoms. The van der Waals surface area contributed by atoms with E-state index in [4.69, 9.17) is 4.74 Å². The number of hydrogen-bond acceptors (Lipinski definition) is 5. The molecule has 0 unspecified atom stereocenters. The van der Waals surface area contributed by atoms with Gasteiger partial charge in [-0.1, -0.05) is 12.7 Å². The molecule has 0 aromatic heterocycles. The van der Waals surface area contributed by atoms with Gasteiger partial charge in [0, 0.05) is 56.6 Å². The van der Waals surface area contributed by atoms with Crippen molar-refractivity contribution in [2.24, 2.45) is 0 Å². The number of nitro groups is 1. The van der Waals surface area contributed by atoms with E-state index in [1.165, 1.54) is 0 Å². The molecule has 0 radical (unpaired) electrons. The molecule has 0 saturated carbocycles. The molecule has 1 aliphatic rings. The topological polar surface area (TPSA) is 58.9 Å². The molecule has 1 aliphatic heterocycles. The van der Waals surface area contributed by atoms with Gasteiger partial charge in [0.1, 0.15) is 0 Å². The molecule has 0 spiro atoms. The second kappa shape index (κ2) is 7.91. The van der Waals surface area contributed by atoms with Crippen LogP contribution in [-0.4, -0.2) is 56.3 Å². The zero-order valence-electron chi connectivity index (χ0n) is 13.0. The van der Waals surface area contributed by atoms with Gasteiger partial charge in [-0.25, -0.2) is 0 Å². The summed E-state index contributed by atoms with van der Waals surface area (Å²) in [5, 5.41) is 10.8. The lowest BCUT2D eigenvalue weighted by molar-refractivity contribution is -0.384. The molecule has 120 valence electrons. The van der Waals surface area contributed by atoms with E-state index in [2.05, 4.69) is 16.4 Å². The Kier molecular flexibility index (Phi) is 5.91. The van der Waals surface area contributed by atoms with Crippen molar-refractivity contribution >= 4 is 17.5 Å². The number of rotatable bonds is 7. The van der Waals surface area contributed by atoms with Crippen molar-refractivity contribution < 1.29 is 9.66 Å². The third-order valence-electron chi connectivity index (χ3n) is 3.92. The van der Waals surface area contributed by atoms with Crippen LogP contribution < -0.4 is 4.90 Å². The zero-order chi connectivity index (χ0) is 15.9. The Labute approximate surface area is 131 Å². The highest BCUT2D eigenvalue weighted by atomic mass is 16.6. The molecular formula is C16H23N3O3. The molecule has 2 rings (SSSR count). The third kappa shape index (κ3) is 4.29. The first-order valence-electron chi connectivity index (χ1n) is 7.54. The highest BCUT2D eigenvalue weighted by Crippen LogP contribution is 2.25. The molecule has 1 fully saturated rings. The molecule has 0 aliphatic carbocycles. The summed E-state index contributed by atoms with van der Waals surface area (Å²) < 4.78 is 5.34. The second-order valence-electron chi connectivity index (χ2n) is 5.43. The Morgan fingerprint density at radius 2 is 2.18 bits per heavy atom. The average Bonchev–Trinajstić information content (AvgIpc) is 2.55. The molecule has 0 atom stereocenters. The van der Waals surface area contributed by atoms with Gasteiger partial charge in [0.05, 0.1) is 18.1 Å². The van der Waals surface area contributed by atoms with Gasteiger partial charge in [0.2, 0.25) is 0 Å². The first-order chi connectivity index (χ1) is 10.6. The van der Waals surface area contributed by atoms with Gasteiger partial charge in [0.15, 0.2) is 0 Å². The fraction of sp³-hybridized carbons (Fsp3) is 0.500. The van der Waals surface area contributed by atoms with E-state index in [0.29, 0.717) is 0 Å². The standard InChI is InChI=1S/C16H23N3O3/c1-3-14-13-15(19(20)21)5-6-16(14)17(2)7-4-8-18-9-11-22-12-10-18/h3,5-6,13H,1,4,7-12H2,2H3. The van der Waals surface area contributed by atoms with Crippen LogP contribution in [0.2, 0.25) is 0 Å². The van der Waals surface area contributed by atoms with Crippen LogP contribution in [0.5, 0.6) is 0 Å². The summed E-state index contributed by atoms with van der Waals surface area (Å²) in [6.45, 7) is 9.34. The number of benzene rings is 1. The maximum atomic E-state index is 10.8. The zero-order valence-corrected chi connectivity index (χ0v) is 13.0. The van der Waals surface area contributed by atoms with Crippen LogP contribution in [0.4, 0.5) is 11.4 Å². The number of non-ortho nitro benzene ring substituents is 1. The van der Waals surface area contributed by atoms with E-state index < -0.39 is 0 Å². The summed E-state index contributed by atoms with van der Waals surface area (Å²) in [4.78, 5) is 15.0. The van der Waals surface area contributed by atoms with E-state index in [9.17, 15) is 10.1 Å². The van der Waals surface area contributed by atoms with E-state index in [1.54, 1.807) is 24.3 Å². The van der Waals surface area contributed by atoms with Gasteiger partial charge in [-0.05, 0) is 12.5 Å². The van der Waals surface area contributed by atoms with Gasteiger partial charge in [0.25, 0.3) is 5.69 Å². The summed E-state index contributed by atoms with van der Waals surface area (Å²) in [7, 11) is 2.01. The van der Waals surface area contributed by atoms with Crippen molar-refractivity contribution in [3.05, 3.63) is 40.5 Å². The summed E-state index contributed by atoms with van der Waals surface area (Å²) in [5.41, 5.74) is 1.87. The lowest BCUT2D eigenvalue weighted by Gasteiger charge is -2.28. The second-order valence-corrected chi connectivity index (χ2v) is 5.43. The Bertz CT molecular complexity index is 527. The minimum absolute atomic E-state index is 0.0976. The lowest BCUT2D eigenvalue weighted by atomic mass is 10.1. The minimum atomic E-state index is -0.380. The van der Waals surface area contributed by atoms with Gasteiger partial charge in [-0.2, -0.15) is 0 Å². The molecule has 0 bridgehead atoms. The van der Waals surface area contributed by atoms with Crippen molar-refractivity contribution in [2.75, 3.05) is 51.3 Å². The number of nitro benzene ring substituents is 1. The van der Waals surface area contributed by atoms with Gasteiger partial charge in [-0.15, -0.1) is 0 Å². The molecule has 1 heterocycles. The highest BCUT2D eigenvalue weighted by molar-refractivity contribution is 5.69. The maximum absolute atomic E-state index is 10.8. The van der Waals surface area contributed by atoms with Crippen LogP contribution in [0.3, 0.4) is 0 Å². The highest BCUT2D eigenvalue weighted by Gasteiger charge is 2.13. The van der Waals surface area contributed by atoms with E-state index >= 15 is 0 Å². The normalized spacial score (nSPS) is 15.5. The molecule has 1 aromatic rings. The van der Waals surface area contributed by atoms with Crippen LogP contribution in [-0.2, 0) is 4.74 Å². The van der Waals surface area contributed by atoms with Crippen LogP contribution in [0.15, 0.2) is 24.8 Å². The van der Waals surface area contributed by atoms with E-state index in [-0.39, 0.29) is 10.6 Å². The van der Waals surface area contributed by atoms with Crippen molar-refractivity contribution in [1.29, 1.82) is 0 Å². The van der Waals surface area contributed by atoms with Crippen LogP contribution in [0, 0.1) is 10.1 Å². The fourth-order valence-electron chi connectivity index (χ4n) is 2.64. The van der Waals surface area contributed by atoms with Crippen LogP contribution >= 0.6 is 0 Å². The van der Waals surface area contributed by atoms with Crippen molar-refractivity contribution in [3.8, 4) is 0 Å². The van der Waals surface area contributed by atoms with Gasteiger partial charge >= 0.3 is 0 Å². The van der Waals surface area contributed by atoms with Crippen molar-refractivity contribution in [3.63, 3.8) is 0 Å². The Morgan fingerprint density at radius 1 is 1.45 bits per heavy atom. The summed E-state index contributed by atoms with van der Waals surface area (Å²) in [5.74, 6) is 0. The molecule has 6 nitrogen and oxygen atoms in total. The fourth-order valence-corrected chi connectivity index (χ4v) is 2.64. The summed E-state index contributed by atoms with van der Waals surface area (Å²) >= 11 is 0. The number of morpholine rings is 1. The lowest BCUT2D eigenvalue weighted by Crippen LogP contribution is -2.37. The SMILES string of the molecule is C=Cc1cc([N+](=O)[O-])ccc1N(C)CCCN1CCOCC1. The third-order valence-corrected chi connectivity index (χ3v) is 3.92. The molecule has 0 N–H and O–H groups in total. The molecular weight excluding hydrogens is 282 g/mol.